The van der Waals surface area contributed by atoms with Crippen LogP contribution in [-0.2, 0) is 15.3 Å². The molecule has 0 radical (unpaired) electrons. The molecular formula is C26H27ClN2O3. The lowest BCUT2D eigenvalue weighted by Crippen LogP contribution is -2.54. The molecular weight excluding hydrogens is 424 g/mol. The van der Waals surface area contributed by atoms with Crippen LogP contribution in [0.5, 0.6) is 0 Å². The highest BCUT2D eigenvalue weighted by molar-refractivity contribution is 6.30. The van der Waals surface area contributed by atoms with Gasteiger partial charge in [-0.25, -0.2) is 0 Å². The average Bonchev–Trinajstić information content (AvgIpc) is 3.27. The lowest BCUT2D eigenvalue weighted by atomic mass is 9.52. The second kappa shape index (κ2) is 7.17. The number of carbonyl (C=O) groups is 3. The van der Waals surface area contributed by atoms with Crippen molar-refractivity contribution in [3.05, 3.63) is 70.2 Å². The van der Waals surface area contributed by atoms with Gasteiger partial charge in [0.05, 0.1) is 0 Å². The summed E-state index contributed by atoms with van der Waals surface area (Å²) in [7, 11) is 0. The zero-order chi connectivity index (χ0) is 22.8. The molecule has 0 spiro atoms. The molecule has 0 bridgehead atoms. The highest BCUT2D eigenvalue weighted by Crippen LogP contribution is 2.55. The SMILES string of the molecule is CC(=O)[C@H]1CC(CC(=O)N2CCN3C(=O)c4ccccc4C23c2ccc(Cl)cc2)C1(C)C. The molecule has 3 aliphatic rings. The molecule has 2 fully saturated rings. The first kappa shape index (κ1) is 21.2. The van der Waals surface area contributed by atoms with Crippen molar-refractivity contribution in [2.45, 2.75) is 39.3 Å². The topological polar surface area (TPSA) is 57.7 Å². The largest absolute Gasteiger partial charge is 0.310 e. The summed E-state index contributed by atoms with van der Waals surface area (Å²) in [5.74, 6) is 0.319. The minimum atomic E-state index is -0.955. The highest BCUT2D eigenvalue weighted by Gasteiger charge is 2.60. The van der Waals surface area contributed by atoms with Crippen molar-refractivity contribution in [3.8, 4) is 0 Å². The predicted octanol–water partition coefficient (Wildman–Crippen LogP) is 4.48. The Kier molecular flexibility index (Phi) is 4.75. The van der Waals surface area contributed by atoms with Gasteiger partial charge in [-0.1, -0.05) is 55.8 Å². The number of Topliss-reactive ketones (excluding diaryl/α,β-unsaturated/α-hetero) is 1. The molecule has 6 heteroatoms. The Balaban J connectivity index is 1.56. The van der Waals surface area contributed by atoms with Crippen molar-refractivity contribution < 1.29 is 14.4 Å². The zero-order valence-electron chi connectivity index (χ0n) is 18.6. The monoisotopic (exact) mass is 450 g/mol. The van der Waals surface area contributed by atoms with Crippen LogP contribution in [-0.4, -0.2) is 40.5 Å². The highest BCUT2D eigenvalue weighted by atomic mass is 35.5. The minimum absolute atomic E-state index is 0.00869. The normalized spacial score (nSPS) is 27.7. The molecule has 1 aliphatic carbocycles. The maximum absolute atomic E-state index is 13.8. The van der Waals surface area contributed by atoms with Crippen molar-refractivity contribution in [2.75, 3.05) is 13.1 Å². The van der Waals surface area contributed by atoms with Crippen LogP contribution < -0.4 is 0 Å². The van der Waals surface area contributed by atoms with E-state index in [-0.39, 0.29) is 34.8 Å². The van der Waals surface area contributed by atoms with Crippen LogP contribution in [0.4, 0.5) is 0 Å². The van der Waals surface area contributed by atoms with Gasteiger partial charge in [-0.3, -0.25) is 14.4 Å². The summed E-state index contributed by atoms with van der Waals surface area (Å²) < 4.78 is 0. The van der Waals surface area contributed by atoms with Crippen molar-refractivity contribution in [1.82, 2.24) is 9.80 Å². The lowest BCUT2D eigenvalue weighted by Gasteiger charge is -2.51. The van der Waals surface area contributed by atoms with Gasteiger partial charge in [-0.15, -0.1) is 0 Å². The van der Waals surface area contributed by atoms with E-state index in [1.165, 1.54) is 0 Å². The Morgan fingerprint density at radius 2 is 1.75 bits per heavy atom. The fraction of sp³-hybridized carbons (Fsp3) is 0.423. The quantitative estimate of drug-likeness (QED) is 0.690. The number of amides is 2. The fourth-order valence-electron chi connectivity index (χ4n) is 6.16. The third-order valence-electron chi connectivity index (χ3n) is 8.04. The second-order valence-electron chi connectivity index (χ2n) is 9.85. The van der Waals surface area contributed by atoms with Crippen LogP contribution >= 0.6 is 11.6 Å². The van der Waals surface area contributed by atoms with Crippen molar-refractivity contribution >= 4 is 29.2 Å². The van der Waals surface area contributed by atoms with E-state index in [1.54, 1.807) is 6.92 Å². The molecule has 5 rings (SSSR count). The molecule has 2 unspecified atom stereocenters. The summed E-state index contributed by atoms with van der Waals surface area (Å²) in [5, 5.41) is 0.608. The first-order valence-corrected chi connectivity index (χ1v) is 11.5. The van der Waals surface area contributed by atoms with Gasteiger partial charge >= 0.3 is 0 Å². The lowest BCUT2D eigenvalue weighted by molar-refractivity contribution is -0.148. The summed E-state index contributed by atoms with van der Waals surface area (Å²) in [6, 6.07) is 15.0. The van der Waals surface area contributed by atoms with Gasteiger partial charge < -0.3 is 9.80 Å². The number of hydrogen-bond acceptors (Lipinski definition) is 3. The van der Waals surface area contributed by atoms with Gasteiger partial charge in [0.25, 0.3) is 5.91 Å². The number of nitrogens with zero attached hydrogens (tertiary/aromatic N) is 2. The number of rotatable bonds is 4. The third kappa shape index (κ3) is 2.73. The van der Waals surface area contributed by atoms with Gasteiger partial charge in [0.1, 0.15) is 5.78 Å². The van der Waals surface area contributed by atoms with Gasteiger partial charge in [-0.05, 0) is 42.9 Å². The molecule has 0 N–H and O–H groups in total. The molecule has 2 aliphatic heterocycles. The molecule has 32 heavy (non-hydrogen) atoms. The molecule has 0 aromatic heterocycles. The minimum Gasteiger partial charge on any atom is -0.310 e. The Bertz CT molecular complexity index is 1130. The van der Waals surface area contributed by atoms with Gasteiger partial charge in [-0.2, -0.15) is 0 Å². The van der Waals surface area contributed by atoms with Crippen LogP contribution in [0, 0.1) is 17.3 Å². The molecule has 2 aromatic carbocycles. The first-order valence-electron chi connectivity index (χ1n) is 11.2. The summed E-state index contributed by atoms with van der Waals surface area (Å²) in [5.41, 5.74) is 1.19. The van der Waals surface area contributed by atoms with E-state index in [0.717, 1.165) is 17.5 Å². The number of fused-ring (bicyclic) bond motifs is 3. The van der Waals surface area contributed by atoms with Gasteiger partial charge in [0.15, 0.2) is 5.66 Å². The molecule has 3 atom stereocenters. The Labute approximate surface area is 193 Å². The van der Waals surface area contributed by atoms with E-state index in [1.807, 2.05) is 58.3 Å². The molecule has 2 aromatic rings. The summed E-state index contributed by atoms with van der Waals surface area (Å²) in [6.07, 6.45) is 1.12. The van der Waals surface area contributed by atoms with E-state index in [2.05, 4.69) is 13.8 Å². The van der Waals surface area contributed by atoms with Crippen LogP contribution in [0.1, 0.15) is 55.1 Å². The van der Waals surface area contributed by atoms with Gasteiger partial charge in [0, 0.05) is 47.1 Å². The molecule has 2 amide bonds. The molecule has 2 heterocycles. The van der Waals surface area contributed by atoms with Crippen LogP contribution in [0.2, 0.25) is 5.02 Å². The van der Waals surface area contributed by atoms with Crippen LogP contribution in [0.25, 0.3) is 0 Å². The molecule has 166 valence electrons. The number of hydrogen-bond donors (Lipinski definition) is 0. The smallest absolute Gasteiger partial charge is 0.256 e. The third-order valence-corrected chi connectivity index (χ3v) is 8.29. The summed E-state index contributed by atoms with van der Waals surface area (Å²) in [4.78, 5) is 42.8. The van der Waals surface area contributed by atoms with E-state index >= 15 is 0 Å². The van der Waals surface area contributed by atoms with E-state index in [9.17, 15) is 14.4 Å². The average molecular weight is 451 g/mol. The van der Waals surface area contributed by atoms with E-state index in [4.69, 9.17) is 11.6 Å². The number of ketones is 1. The maximum Gasteiger partial charge on any atom is 0.256 e. The number of benzene rings is 2. The Hall–Kier alpha value is -2.66. The maximum atomic E-state index is 13.8. The number of halogens is 1. The summed E-state index contributed by atoms with van der Waals surface area (Å²) in [6.45, 7) is 6.76. The van der Waals surface area contributed by atoms with Crippen molar-refractivity contribution in [3.63, 3.8) is 0 Å². The summed E-state index contributed by atoms with van der Waals surface area (Å²) >= 11 is 6.16. The zero-order valence-corrected chi connectivity index (χ0v) is 19.4. The van der Waals surface area contributed by atoms with Crippen LogP contribution in [0.15, 0.2) is 48.5 Å². The van der Waals surface area contributed by atoms with E-state index in [0.29, 0.717) is 30.1 Å². The van der Waals surface area contributed by atoms with Crippen LogP contribution in [0.3, 0.4) is 0 Å². The van der Waals surface area contributed by atoms with E-state index < -0.39 is 5.66 Å². The van der Waals surface area contributed by atoms with Crippen molar-refractivity contribution in [1.29, 1.82) is 0 Å². The predicted molar refractivity (Wildman–Crippen MR) is 122 cm³/mol. The first-order chi connectivity index (χ1) is 15.2. The fourth-order valence-corrected chi connectivity index (χ4v) is 6.28. The molecule has 1 saturated carbocycles. The number of carbonyl (C=O) groups excluding carboxylic acids is 3. The van der Waals surface area contributed by atoms with Crippen molar-refractivity contribution in [2.24, 2.45) is 17.3 Å². The Morgan fingerprint density at radius 3 is 2.41 bits per heavy atom. The Morgan fingerprint density at radius 1 is 1.06 bits per heavy atom. The van der Waals surface area contributed by atoms with Gasteiger partial charge in [0.2, 0.25) is 5.91 Å². The molecule has 5 nitrogen and oxygen atoms in total. The second-order valence-corrected chi connectivity index (χ2v) is 10.3. The standard InChI is InChI=1S/C26H27ClN2O3/c1-16(30)22-14-18(25(22,2)3)15-23(31)28-12-13-29-24(32)20-6-4-5-7-21(20)26(28,29)17-8-10-19(27)11-9-17/h4-11,18,22H,12-15H2,1-3H3/t18?,22-,26?/m1/s1. The molecule has 1 saturated heterocycles.